The Kier molecular flexibility index (Phi) is 4.88. The molecule has 8 nitrogen and oxygen atoms in total. The number of carbonyl (C=O) groups excluding carboxylic acids is 1. The number of carboxylic acids is 2. The number of carboxylic acid groups (broad SMARTS) is 2. The van der Waals surface area contributed by atoms with E-state index in [2.05, 4.69) is 4.98 Å². The Balaban J connectivity index is 1.76. The molecular weight excluding hydrogens is 426 g/mol. The van der Waals surface area contributed by atoms with Crippen molar-refractivity contribution in [1.29, 1.82) is 0 Å². The van der Waals surface area contributed by atoms with Crippen molar-refractivity contribution < 1.29 is 24.6 Å². The largest absolute Gasteiger partial charge is 0.478 e. The lowest BCUT2D eigenvalue weighted by Gasteiger charge is -2.16. The first-order chi connectivity index (χ1) is 14.3. The average Bonchev–Trinajstić information content (AvgIpc) is 3.17. The van der Waals surface area contributed by atoms with Crippen molar-refractivity contribution in [3.63, 3.8) is 0 Å². The molecule has 150 valence electrons. The van der Waals surface area contributed by atoms with Crippen LogP contribution in [0.15, 0.2) is 47.4 Å². The molecule has 0 aliphatic carbocycles. The number of carbonyl (C=O) groups is 3. The molecule has 0 unspecified atom stereocenters. The number of nitrogens with zero attached hydrogens (tertiary/aromatic N) is 3. The van der Waals surface area contributed by atoms with Crippen LogP contribution in [-0.4, -0.2) is 41.9 Å². The Morgan fingerprint density at radius 1 is 1.10 bits per heavy atom. The smallest absolute Gasteiger partial charge is 0.335 e. The Morgan fingerprint density at radius 2 is 1.73 bits per heavy atom. The zero-order valence-corrected chi connectivity index (χ0v) is 17.0. The second kappa shape index (κ2) is 7.39. The van der Waals surface area contributed by atoms with Gasteiger partial charge in [-0.2, -0.15) is 0 Å². The SMILES string of the molecule is Cn1c(C=C2SC(=S)N(c3cc(C(=O)O)cc(C(=O)O)c3)C2=O)nc2ccccc21. The first-order valence-electron chi connectivity index (χ1n) is 8.57. The van der Waals surface area contributed by atoms with E-state index in [0.29, 0.717) is 10.7 Å². The molecule has 2 heterocycles. The van der Waals surface area contributed by atoms with E-state index < -0.39 is 17.8 Å². The number of benzene rings is 2. The molecule has 0 saturated carbocycles. The van der Waals surface area contributed by atoms with Gasteiger partial charge in [-0.3, -0.25) is 9.69 Å². The minimum atomic E-state index is -1.31. The molecule has 30 heavy (non-hydrogen) atoms. The molecule has 2 N–H and O–H groups in total. The van der Waals surface area contributed by atoms with E-state index in [1.165, 1.54) is 12.1 Å². The van der Waals surface area contributed by atoms with E-state index in [0.717, 1.165) is 33.8 Å². The van der Waals surface area contributed by atoms with Gasteiger partial charge in [-0.15, -0.1) is 0 Å². The van der Waals surface area contributed by atoms with Crippen LogP contribution in [0.4, 0.5) is 5.69 Å². The third-order valence-corrected chi connectivity index (χ3v) is 5.85. The fraction of sp³-hybridized carbons (Fsp3) is 0.0500. The lowest BCUT2D eigenvalue weighted by Crippen LogP contribution is -2.28. The summed E-state index contributed by atoms with van der Waals surface area (Å²) in [5.41, 5.74) is 1.27. The van der Waals surface area contributed by atoms with Crippen LogP contribution in [0.3, 0.4) is 0 Å². The summed E-state index contributed by atoms with van der Waals surface area (Å²) in [6.45, 7) is 0. The number of fused-ring (bicyclic) bond motifs is 1. The number of hydrogen-bond donors (Lipinski definition) is 2. The van der Waals surface area contributed by atoms with Gasteiger partial charge in [0, 0.05) is 13.1 Å². The summed E-state index contributed by atoms with van der Waals surface area (Å²) in [5.74, 6) is -2.53. The zero-order valence-electron chi connectivity index (χ0n) is 15.4. The molecule has 1 fully saturated rings. The quantitative estimate of drug-likeness (QED) is 0.470. The van der Waals surface area contributed by atoms with Crippen LogP contribution < -0.4 is 4.90 Å². The molecule has 1 aromatic heterocycles. The first-order valence-corrected chi connectivity index (χ1v) is 9.80. The number of anilines is 1. The van der Waals surface area contributed by atoms with Crippen LogP contribution >= 0.6 is 24.0 Å². The third-order valence-electron chi connectivity index (χ3n) is 4.55. The Hall–Kier alpha value is -3.50. The molecule has 1 aliphatic rings. The molecule has 3 aromatic rings. The van der Waals surface area contributed by atoms with Gasteiger partial charge in [0.2, 0.25) is 0 Å². The summed E-state index contributed by atoms with van der Waals surface area (Å²) in [6.07, 6.45) is 1.61. The third kappa shape index (κ3) is 3.36. The highest BCUT2D eigenvalue weighted by Gasteiger charge is 2.34. The van der Waals surface area contributed by atoms with Gasteiger partial charge < -0.3 is 14.8 Å². The molecule has 1 aliphatic heterocycles. The second-order valence-corrected chi connectivity index (χ2v) is 8.09. The summed E-state index contributed by atoms with van der Waals surface area (Å²) >= 11 is 6.35. The van der Waals surface area contributed by atoms with Crippen molar-refractivity contribution in [2.75, 3.05) is 4.90 Å². The highest BCUT2D eigenvalue weighted by Crippen LogP contribution is 2.37. The first kappa shape index (κ1) is 19.8. The van der Waals surface area contributed by atoms with E-state index in [9.17, 15) is 24.6 Å². The minimum Gasteiger partial charge on any atom is -0.478 e. The number of thioether (sulfide) groups is 1. The van der Waals surface area contributed by atoms with Gasteiger partial charge in [0.15, 0.2) is 4.32 Å². The number of para-hydroxylation sites is 2. The van der Waals surface area contributed by atoms with E-state index in [-0.39, 0.29) is 21.1 Å². The van der Waals surface area contributed by atoms with Gasteiger partial charge in [-0.05, 0) is 30.3 Å². The van der Waals surface area contributed by atoms with Crippen molar-refractivity contribution in [2.24, 2.45) is 7.05 Å². The van der Waals surface area contributed by atoms with E-state index in [1.54, 1.807) is 6.08 Å². The van der Waals surface area contributed by atoms with Gasteiger partial charge in [-0.1, -0.05) is 36.1 Å². The monoisotopic (exact) mass is 439 g/mol. The minimum absolute atomic E-state index is 0.0863. The molecule has 4 rings (SSSR count). The molecule has 1 saturated heterocycles. The van der Waals surface area contributed by atoms with Crippen molar-refractivity contribution >= 4 is 68.9 Å². The molecule has 0 radical (unpaired) electrons. The van der Waals surface area contributed by atoms with Crippen molar-refractivity contribution in [1.82, 2.24) is 9.55 Å². The van der Waals surface area contributed by atoms with Crippen molar-refractivity contribution in [3.05, 3.63) is 64.3 Å². The van der Waals surface area contributed by atoms with Gasteiger partial charge in [0.05, 0.1) is 32.8 Å². The molecule has 0 spiro atoms. The predicted octanol–water partition coefficient (Wildman–Crippen LogP) is 3.38. The maximum Gasteiger partial charge on any atom is 0.335 e. The van der Waals surface area contributed by atoms with E-state index >= 15 is 0 Å². The maximum absolute atomic E-state index is 13.0. The number of thiocarbonyl (C=S) groups is 1. The highest BCUT2D eigenvalue weighted by atomic mass is 32.2. The fourth-order valence-corrected chi connectivity index (χ4v) is 4.36. The molecule has 2 aromatic carbocycles. The summed E-state index contributed by atoms with van der Waals surface area (Å²) in [7, 11) is 1.83. The number of hydrogen-bond acceptors (Lipinski definition) is 6. The summed E-state index contributed by atoms with van der Waals surface area (Å²) in [6, 6.07) is 11.0. The molecule has 10 heteroatoms. The Labute approximate surface area is 179 Å². The Morgan fingerprint density at radius 3 is 2.33 bits per heavy atom. The van der Waals surface area contributed by atoms with Crippen LogP contribution in [0.1, 0.15) is 26.5 Å². The zero-order chi connectivity index (χ0) is 21.6. The second-order valence-electron chi connectivity index (χ2n) is 6.41. The molecule has 0 bridgehead atoms. The molecule has 0 atom stereocenters. The number of aromatic nitrogens is 2. The lowest BCUT2D eigenvalue weighted by atomic mass is 10.1. The molecule has 1 amide bonds. The van der Waals surface area contributed by atoms with Crippen molar-refractivity contribution in [2.45, 2.75) is 0 Å². The van der Waals surface area contributed by atoms with Crippen LogP contribution in [0.25, 0.3) is 17.1 Å². The number of aryl methyl sites for hydroxylation is 1. The number of amides is 1. The number of rotatable bonds is 4. The van der Waals surface area contributed by atoms with E-state index in [4.69, 9.17) is 12.2 Å². The predicted molar refractivity (Wildman–Crippen MR) is 117 cm³/mol. The maximum atomic E-state index is 13.0. The summed E-state index contributed by atoms with van der Waals surface area (Å²) < 4.78 is 2.01. The van der Waals surface area contributed by atoms with E-state index in [1.807, 2.05) is 35.9 Å². The topological polar surface area (TPSA) is 113 Å². The molecular formula is C20H13N3O5S2. The standard InChI is InChI=1S/C20H13N3O5S2/c1-22-14-5-3-2-4-13(14)21-16(22)9-15-17(24)23(20(29)30-15)12-7-10(18(25)26)6-11(8-12)19(27)28/h2-9H,1H3,(H,25,26)(H,27,28). The lowest BCUT2D eigenvalue weighted by molar-refractivity contribution is -0.113. The van der Waals surface area contributed by atoms with Crippen LogP contribution in [0.5, 0.6) is 0 Å². The summed E-state index contributed by atoms with van der Waals surface area (Å²) in [4.78, 5) is 41.7. The number of aromatic carboxylic acids is 2. The fourth-order valence-electron chi connectivity index (χ4n) is 3.09. The van der Waals surface area contributed by atoms with Crippen LogP contribution in [-0.2, 0) is 11.8 Å². The van der Waals surface area contributed by atoms with Gasteiger partial charge in [0.1, 0.15) is 5.82 Å². The average molecular weight is 439 g/mol. The van der Waals surface area contributed by atoms with Gasteiger partial charge in [-0.25, -0.2) is 14.6 Å². The number of imidazole rings is 1. The van der Waals surface area contributed by atoms with Gasteiger partial charge >= 0.3 is 11.9 Å². The van der Waals surface area contributed by atoms with Crippen molar-refractivity contribution in [3.8, 4) is 0 Å². The van der Waals surface area contributed by atoms with Crippen LogP contribution in [0.2, 0.25) is 0 Å². The normalized spacial score (nSPS) is 15.4. The Bertz CT molecular complexity index is 1260. The summed E-state index contributed by atoms with van der Waals surface area (Å²) in [5, 5.41) is 18.6. The van der Waals surface area contributed by atoms with Crippen LogP contribution in [0, 0.1) is 0 Å². The van der Waals surface area contributed by atoms with Gasteiger partial charge in [0.25, 0.3) is 5.91 Å². The highest BCUT2D eigenvalue weighted by molar-refractivity contribution is 8.27.